The number of anilines is 1. The lowest BCUT2D eigenvalue weighted by Gasteiger charge is -2.16. The monoisotopic (exact) mass is 1600 g/mol. The van der Waals surface area contributed by atoms with Crippen LogP contribution in [-0.2, 0) is 26.6 Å². The van der Waals surface area contributed by atoms with Gasteiger partial charge in [0, 0.05) is 37.5 Å². The number of hydrogen-bond donors (Lipinski definition) is 2. The molecule has 1 heterocycles. The average molecular weight is 1600 g/mol. The van der Waals surface area contributed by atoms with Crippen LogP contribution in [0.15, 0.2) is 302 Å². The molecule has 0 aliphatic carbocycles. The number of nitrogen functional groups attached to an aromatic ring is 1. The lowest BCUT2D eigenvalue weighted by Crippen LogP contribution is -2.43. The van der Waals surface area contributed by atoms with E-state index in [0.29, 0.717) is 0 Å². The fraction of sp³-hybridized carbons (Fsp3) is 0.0417. The van der Waals surface area contributed by atoms with Gasteiger partial charge in [0.15, 0.2) is 66.9 Å². The van der Waals surface area contributed by atoms with E-state index in [4.69, 9.17) is 5.11 Å². The number of rotatable bonds is 10. The highest BCUT2D eigenvalue weighted by molar-refractivity contribution is 14.1. The summed E-state index contributed by atoms with van der Waals surface area (Å²) in [6, 6.07) is 96.2. The van der Waals surface area contributed by atoms with Crippen molar-refractivity contribution in [3.63, 3.8) is 0 Å². The van der Waals surface area contributed by atoms with Crippen LogP contribution in [0.3, 0.4) is 0 Å². The molecule has 0 saturated carbocycles. The molecule has 0 saturated heterocycles. The molecule has 0 radical (unpaired) electrons. The van der Waals surface area contributed by atoms with E-state index >= 15 is 0 Å². The standard InChI is InChI=1S/C18H13S.2C18H15S.C7H3F4NO2.C7H3I3O2.C4H8O3/c1-2-8-14(9-3-1)19-17-12-6-4-10-15(17)16-11-5-7-13-18(16)19;2*1-4-10-16(11-5-1)19(17-12-6-2-7-13-17)18-14-8-3-9-15-18;8-2-1(7(13)14)3(9)5(11)6(12)4(2)10;8-3-1-4(7(11)12)6(10)5(9)2-3;1-4(2,7)3(5)6/h1-13H;2*1-15H;12H2,(H,13,14);1-2H,(H,11,12);7H,1-2H3,(H,5,6)/q3*+1;;;/p-3. The van der Waals surface area contributed by atoms with Gasteiger partial charge in [-0.05, 0) is 203 Å². The number of fused-ring (bicyclic) bond motifs is 3. The Kier molecular flexibility index (Phi) is 26.4. The third kappa shape index (κ3) is 18.8. The van der Waals surface area contributed by atoms with Gasteiger partial charge in [-0.2, -0.15) is 0 Å². The zero-order chi connectivity index (χ0) is 64.9. The van der Waals surface area contributed by atoms with Crippen molar-refractivity contribution in [2.45, 2.75) is 48.8 Å². The average Bonchev–Trinajstić information content (AvgIpc) is 1.75. The Bertz CT molecular complexity index is 3930. The topological polar surface area (TPSA) is 167 Å². The number of aliphatic hydroxyl groups is 1. The van der Waals surface area contributed by atoms with Gasteiger partial charge in [0.2, 0.25) is 0 Å². The number of hydrogen-bond acceptors (Lipinski definition) is 8. The van der Waals surface area contributed by atoms with Crippen LogP contribution in [0.4, 0.5) is 23.2 Å². The molecule has 8 nitrogen and oxygen atoms in total. The van der Waals surface area contributed by atoms with Crippen molar-refractivity contribution < 1.29 is 52.4 Å². The van der Waals surface area contributed by atoms with E-state index < -0.39 is 58.0 Å². The summed E-state index contributed by atoms with van der Waals surface area (Å²) < 4.78 is 56.0. The van der Waals surface area contributed by atoms with Crippen molar-refractivity contribution in [2.75, 3.05) is 5.73 Å². The maximum Gasteiger partial charge on any atom is 0.187 e. The Morgan fingerprint density at radius 1 is 0.433 bits per heavy atom. The highest BCUT2D eigenvalue weighted by atomic mass is 127. The van der Waals surface area contributed by atoms with Gasteiger partial charge in [-0.25, -0.2) is 17.6 Å². The molecule has 0 fully saturated rings. The molecule has 3 N–H and O–H groups in total. The van der Waals surface area contributed by atoms with Crippen LogP contribution < -0.4 is 21.1 Å². The smallest absolute Gasteiger partial charge is 0.187 e. The van der Waals surface area contributed by atoms with Crippen LogP contribution >= 0.6 is 78.2 Å². The quantitative estimate of drug-likeness (QED) is 0.0449. The first kappa shape index (κ1) is 69.9. The second-order valence-electron chi connectivity index (χ2n) is 19.3. The lowest BCUT2D eigenvalue weighted by atomic mass is 10.1. The maximum atomic E-state index is 12.7. The van der Waals surface area contributed by atoms with E-state index in [-0.39, 0.29) is 37.8 Å². The fourth-order valence-electron chi connectivity index (χ4n) is 8.35. The number of aromatic carboxylic acids is 2. The second kappa shape index (κ2) is 34.0. The summed E-state index contributed by atoms with van der Waals surface area (Å²) in [6.45, 7) is 2.31. The molecule has 0 aliphatic rings. The van der Waals surface area contributed by atoms with Crippen LogP contribution in [0.1, 0.15) is 34.6 Å². The summed E-state index contributed by atoms with van der Waals surface area (Å²) in [7, 11) is 0.0302. The number of halogens is 7. The summed E-state index contributed by atoms with van der Waals surface area (Å²) in [4.78, 5) is 39.9. The van der Waals surface area contributed by atoms with E-state index in [0.717, 1.165) is 24.6 Å². The molecule has 456 valence electrons. The van der Waals surface area contributed by atoms with E-state index in [9.17, 15) is 47.3 Å². The minimum absolute atomic E-state index is 0.0146. The first-order chi connectivity index (χ1) is 43.2. The predicted octanol–water partition coefficient (Wildman–Crippen LogP) is 15.9. The first-order valence-corrected chi connectivity index (χ1v) is 34.0. The number of carboxylic acid groups (broad SMARTS) is 3. The predicted molar refractivity (Wildman–Crippen MR) is 373 cm³/mol. The number of thiophene rings is 1. The molecule has 0 atom stereocenters. The largest absolute Gasteiger partial charge is 0.547 e. The van der Waals surface area contributed by atoms with Gasteiger partial charge in [0.25, 0.3) is 0 Å². The number of carbonyl (C=O) groups is 3. The highest BCUT2D eigenvalue weighted by Crippen LogP contribution is 2.48. The SMILES string of the molecule is CC(C)(O)C(=O)[O-].Nc1c(F)c(F)c(C(=O)[O-])c(F)c1F.O=C([O-])c1cc(I)cc(I)c1I.c1ccc(-[s+]2c3ccccc3c3ccccc32)cc1.c1ccc([S+](c2ccccc2)c2ccccc2)cc1.c1ccc([S+](c2ccccc2)c2ccccc2)cc1. The summed E-state index contributed by atoms with van der Waals surface area (Å²) in [5.41, 5.74) is -0.0379. The first-order valence-electron chi connectivity index (χ1n) is 27.1. The molecular formula is C72H54F4I3NO7S3. The minimum atomic E-state index is -2.36. The Morgan fingerprint density at radius 2 is 0.711 bits per heavy atom. The summed E-state index contributed by atoms with van der Waals surface area (Å²) in [5.74, 6) is -13.0. The molecule has 1 aromatic heterocycles. The molecule has 18 heteroatoms. The Balaban J connectivity index is 0.000000157. The molecule has 11 aromatic carbocycles. The van der Waals surface area contributed by atoms with Gasteiger partial charge in [-0.3, -0.25) is 0 Å². The lowest BCUT2D eigenvalue weighted by molar-refractivity contribution is -0.322. The Morgan fingerprint density at radius 3 is 0.989 bits per heavy atom. The molecular weight excluding hydrogens is 1540 g/mol. The molecule has 0 unspecified atom stereocenters. The Labute approximate surface area is 568 Å². The summed E-state index contributed by atoms with van der Waals surface area (Å²) in [5, 5.41) is 41.6. The van der Waals surface area contributed by atoms with Crippen molar-refractivity contribution in [1.29, 1.82) is 0 Å². The van der Waals surface area contributed by atoms with Crippen LogP contribution in [-0.4, -0.2) is 28.6 Å². The zero-order valence-electron chi connectivity index (χ0n) is 47.8. The third-order valence-corrected chi connectivity index (χ3v) is 23.0. The number of carboxylic acids is 3. The Hall–Kier alpha value is -7.58. The van der Waals surface area contributed by atoms with Crippen LogP contribution in [0.5, 0.6) is 0 Å². The number of aliphatic carboxylic acids is 1. The van der Waals surface area contributed by atoms with Crippen LogP contribution in [0.25, 0.3) is 25.1 Å². The molecule has 0 amide bonds. The van der Waals surface area contributed by atoms with E-state index in [1.54, 1.807) is 6.07 Å². The second-order valence-corrected chi connectivity index (χ2v) is 28.8. The van der Waals surface area contributed by atoms with Crippen molar-refractivity contribution in [3.8, 4) is 4.90 Å². The van der Waals surface area contributed by atoms with Crippen LogP contribution in [0.2, 0.25) is 0 Å². The van der Waals surface area contributed by atoms with E-state index in [2.05, 4.69) is 312 Å². The number of nitrogens with two attached hydrogens (primary N) is 1. The number of carbonyl (C=O) groups excluding carboxylic acids is 3. The molecule has 12 rings (SSSR count). The van der Waals surface area contributed by atoms with Crippen molar-refractivity contribution in [2.24, 2.45) is 0 Å². The summed E-state index contributed by atoms with van der Waals surface area (Å²) in [6.07, 6.45) is 0. The van der Waals surface area contributed by atoms with Crippen molar-refractivity contribution in [3.05, 3.63) is 318 Å². The molecule has 90 heavy (non-hydrogen) atoms. The van der Waals surface area contributed by atoms with E-state index in [1.165, 1.54) is 54.4 Å². The van der Waals surface area contributed by atoms with Crippen molar-refractivity contribution >= 4 is 144 Å². The molecule has 12 aromatic rings. The van der Waals surface area contributed by atoms with Gasteiger partial charge in [0.05, 0.1) is 50.9 Å². The molecule has 0 bridgehead atoms. The van der Waals surface area contributed by atoms with Gasteiger partial charge < -0.3 is 40.5 Å². The zero-order valence-corrected chi connectivity index (χ0v) is 56.7. The normalized spacial score (nSPS) is 10.6. The van der Waals surface area contributed by atoms with E-state index in [1.807, 2.05) is 28.7 Å². The molecule has 0 aliphatic heterocycles. The summed E-state index contributed by atoms with van der Waals surface area (Å²) >= 11 is 6.19. The van der Waals surface area contributed by atoms with Gasteiger partial charge in [-0.15, -0.1) is 0 Å². The van der Waals surface area contributed by atoms with Crippen LogP contribution in [0, 0.1) is 34.0 Å². The maximum absolute atomic E-state index is 12.7. The minimum Gasteiger partial charge on any atom is -0.547 e. The van der Waals surface area contributed by atoms with Gasteiger partial charge in [0.1, 0.15) is 5.69 Å². The molecule has 0 spiro atoms. The fourth-order valence-corrected chi connectivity index (χ4v) is 17.3. The third-order valence-electron chi connectivity index (χ3n) is 12.6. The van der Waals surface area contributed by atoms with Crippen molar-refractivity contribution in [1.82, 2.24) is 0 Å². The highest BCUT2D eigenvalue weighted by Gasteiger charge is 2.30. The number of benzene rings is 11. The van der Waals surface area contributed by atoms with Gasteiger partial charge in [-0.1, -0.05) is 152 Å². The van der Waals surface area contributed by atoms with Gasteiger partial charge >= 0.3 is 0 Å².